The normalized spacial score (nSPS) is 21.5. The summed E-state index contributed by atoms with van der Waals surface area (Å²) in [6.45, 7) is -0.791. The topological polar surface area (TPSA) is 50.4 Å². The minimum atomic E-state index is -2.82. The summed E-state index contributed by atoms with van der Waals surface area (Å²) in [5.41, 5.74) is 1.96. The van der Waals surface area contributed by atoms with Gasteiger partial charge < -0.3 is 15.4 Å². The van der Waals surface area contributed by atoms with Crippen molar-refractivity contribution in [1.82, 2.24) is 10.6 Å². The van der Waals surface area contributed by atoms with Crippen molar-refractivity contribution in [1.29, 1.82) is 0 Å². The minimum absolute atomic E-state index is 0.0780. The molecule has 1 fully saturated rings. The smallest absolute Gasteiger partial charge is 0.387 e. The average Bonchev–Trinajstić information content (AvgIpc) is 3.31. The van der Waals surface area contributed by atoms with Gasteiger partial charge >= 0.3 is 12.6 Å². The van der Waals surface area contributed by atoms with Gasteiger partial charge in [0.1, 0.15) is 5.75 Å². The Morgan fingerprint density at radius 2 is 2.09 bits per heavy atom. The fourth-order valence-corrected chi connectivity index (χ4v) is 3.24. The van der Waals surface area contributed by atoms with Gasteiger partial charge in [0, 0.05) is 6.04 Å². The zero-order chi connectivity index (χ0) is 16.4. The molecule has 4 nitrogen and oxygen atoms in total. The van der Waals surface area contributed by atoms with Crippen molar-refractivity contribution in [2.75, 3.05) is 0 Å². The molecule has 1 saturated carbocycles. The number of hydrogen-bond donors (Lipinski definition) is 2. The zero-order valence-corrected chi connectivity index (χ0v) is 13.1. The summed E-state index contributed by atoms with van der Waals surface area (Å²) in [7, 11) is 0. The molecule has 3 rings (SSSR count). The standard InChI is InChI=1S/C17H22F2N2O2/c1-10(11-5-6-11)20-17(22)21-15-4-2-3-12-9-13(23-16(18)19)7-8-14(12)15/h7-11,15-16H,2-6H2,1H3,(H2,20,21,22). The largest absolute Gasteiger partial charge is 0.435 e. The highest BCUT2D eigenvalue weighted by atomic mass is 19.3. The van der Waals surface area contributed by atoms with Gasteiger partial charge in [-0.2, -0.15) is 8.78 Å². The van der Waals surface area contributed by atoms with Crippen LogP contribution < -0.4 is 15.4 Å². The van der Waals surface area contributed by atoms with E-state index in [1.807, 2.05) is 6.92 Å². The third-order valence-corrected chi connectivity index (χ3v) is 4.65. The van der Waals surface area contributed by atoms with E-state index < -0.39 is 6.61 Å². The van der Waals surface area contributed by atoms with Crippen LogP contribution in [0.3, 0.4) is 0 Å². The fourth-order valence-electron chi connectivity index (χ4n) is 3.24. The summed E-state index contributed by atoms with van der Waals surface area (Å²) < 4.78 is 29.1. The number of aryl methyl sites for hydroxylation is 1. The highest BCUT2D eigenvalue weighted by Gasteiger charge is 2.30. The summed E-state index contributed by atoms with van der Waals surface area (Å²) in [5.74, 6) is 0.777. The Labute approximate surface area is 134 Å². The number of rotatable bonds is 5. The lowest BCUT2D eigenvalue weighted by atomic mass is 9.87. The first-order chi connectivity index (χ1) is 11.0. The van der Waals surface area contributed by atoms with Gasteiger partial charge in [-0.15, -0.1) is 0 Å². The number of nitrogens with one attached hydrogen (secondary N) is 2. The number of benzene rings is 1. The van der Waals surface area contributed by atoms with Gasteiger partial charge in [0.2, 0.25) is 0 Å². The first-order valence-corrected chi connectivity index (χ1v) is 8.17. The van der Waals surface area contributed by atoms with Crippen molar-refractivity contribution >= 4 is 6.03 Å². The van der Waals surface area contributed by atoms with E-state index in [0.29, 0.717) is 5.92 Å². The number of halogens is 2. The number of amides is 2. The van der Waals surface area contributed by atoms with E-state index in [2.05, 4.69) is 15.4 Å². The van der Waals surface area contributed by atoms with E-state index in [4.69, 9.17) is 0 Å². The molecule has 126 valence electrons. The lowest BCUT2D eigenvalue weighted by Crippen LogP contribution is -2.43. The maximum Gasteiger partial charge on any atom is 0.387 e. The predicted octanol–water partition coefficient (Wildman–Crippen LogP) is 3.76. The maximum absolute atomic E-state index is 12.3. The van der Waals surface area contributed by atoms with E-state index in [-0.39, 0.29) is 23.9 Å². The number of alkyl halides is 2. The molecule has 2 atom stereocenters. The number of fused-ring (bicyclic) bond motifs is 1. The Kier molecular flexibility index (Phi) is 4.68. The van der Waals surface area contributed by atoms with Crippen LogP contribution in [0.2, 0.25) is 0 Å². The summed E-state index contributed by atoms with van der Waals surface area (Å²) in [6, 6.07) is 4.93. The van der Waals surface area contributed by atoms with Crippen molar-refractivity contribution < 1.29 is 18.3 Å². The molecule has 0 bridgehead atoms. The van der Waals surface area contributed by atoms with Gasteiger partial charge in [-0.1, -0.05) is 6.07 Å². The van der Waals surface area contributed by atoms with Crippen LogP contribution in [0.15, 0.2) is 18.2 Å². The highest BCUT2D eigenvalue weighted by molar-refractivity contribution is 5.75. The van der Waals surface area contributed by atoms with Gasteiger partial charge in [0.15, 0.2) is 0 Å². The van der Waals surface area contributed by atoms with E-state index in [0.717, 1.165) is 30.4 Å². The molecule has 0 aromatic heterocycles. The monoisotopic (exact) mass is 324 g/mol. The first kappa shape index (κ1) is 16.0. The van der Waals surface area contributed by atoms with Crippen molar-refractivity contribution in [3.8, 4) is 5.75 Å². The number of carbonyl (C=O) groups excluding carboxylic acids is 1. The van der Waals surface area contributed by atoms with Crippen molar-refractivity contribution in [2.45, 2.75) is 57.7 Å². The second-order valence-corrected chi connectivity index (χ2v) is 6.43. The van der Waals surface area contributed by atoms with Crippen molar-refractivity contribution in [2.24, 2.45) is 5.92 Å². The molecule has 6 heteroatoms. The summed E-state index contributed by atoms with van der Waals surface area (Å²) in [5, 5.41) is 5.99. The number of urea groups is 1. The van der Waals surface area contributed by atoms with Gasteiger partial charge in [0.05, 0.1) is 6.04 Å². The molecule has 2 amide bonds. The Bertz CT molecular complexity index is 576. The lowest BCUT2D eigenvalue weighted by Gasteiger charge is -2.27. The van der Waals surface area contributed by atoms with Crippen LogP contribution in [-0.2, 0) is 6.42 Å². The van der Waals surface area contributed by atoms with Gasteiger partial charge in [-0.25, -0.2) is 4.79 Å². The van der Waals surface area contributed by atoms with E-state index in [9.17, 15) is 13.6 Å². The molecule has 2 unspecified atom stereocenters. The fraction of sp³-hybridized carbons (Fsp3) is 0.588. The molecule has 0 aliphatic heterocycles. The van der Waals surface area contributed by atoms with Crippen molar-refractivity contribution in [3.05, 3.63) is 29.3 Å². The molecule has 0 heterocycles. The second kappa shape index (κ2) is 6.72. The van der Waals surface area contributed by atoms with Gasteiger partial charge in [-0.3, -0.25) is 0 Å². The quantitative estimate of drug-likeness (QED) is 0.866. The average molecular weight is 324 g/mol. The van der Waals surface area contributed by atoms with Crippen LogP contribution in [0.1, 0.15) is 49.8 Å². The summed E-state index contributed by atoms with van der Waals surface area (Å²) in [4.78, 5) is 12.1. The maximum atomic E-state index is 12.3. The van der Waals surface area contributed by atoms with E-state index in [1.165, 1.54) is 18.9 Å². The Morgan fingerprint density at radius 1 is 1.30 bits per heavy atom. The Balaban J connectivity index is 1.64. The molecule has 2 aliphatic carbocycles. The molecule has 2 aliphatic rings. The van der Waals surface area contributed by atoms with E-state index >= 15 is 0 Å². The number of ether oxygens (including phenoxy) is 1. The molecular formula is C17H22F2N2O2. The SMILES string of the molecule is CC(NC(=O)NC1CCCc2cc(OC(F)F)ccc21)C1CC1. The third kappa shape index (κ3) is 4.12. The van der Waals surface area contributed by atoms with Gasteiger partial charge in [-0.05, 0) is 68.2 Å². The molecule has 2 N–H and O–H groups in total. The summed E-state index contributed by atoms with van der Waals surface area (Å²) in [6.07, 6.45) is 4.94. The molecule has 1 aromatic carbocycles. The predicted molar refractivity (Wildman–Crippen MR) is 82.6 cm³/mol. The second-order valence-electron chi connectivity index (χ2n) is 6.43. The molecule has 1 aromatic rings. The zero-order valence-electron chi connectivity index (χ0n) is 13.1. The molecule has 23 heavy (non-hydrogen) atoms. The highest BCUT2D eigenvalue weighted by Crippen LogP contribution is 2.34. The number of carbonyl (C=O) groups is 1. The van der Waals surface area contributed by atoms with Crippen LogP contribution >= 0.6 is 0 Å². The first-order valence-electron chi connectivity index (χ1n) is 8.17. The minimum Gasteiger partial charge on any atom is -0.435 e. The van der Waals surface area contributed by atoms with Crippen LogP contribution in [-0.4, -0.2) is 18.7 Å². The van der Waals surface area contributed by atoms with Gasteiger partial charge in [0.25, 0.3) is 0 Å². The van der Waals surface area contributed by atoms with Crippen LogP contribution in [0.25, 0.3) is 0 Å². The Morgan fingerprint density at radius 3 is 2.78 bits per heavy atom. The molecular weight excluding hydrogens is 302 g/mol. The van der Waals surface area contributed by atoms with Crippen molar-refractivity contribution in [3.63, 3.8) is 0 Å². The summed E-state index contributed by atoms with van der Waals surface area (Å²) >= 11 is 0. The van der Waals surface area contributed by atoms with E-state index in [1.54, 1.807) is 12.1 Å². The Hall–Kier alpha value is -1.85. The van der Waals surface area contributed by atoms with Crippen LogP contribution in [0.4, 0.5) is 13.6 Å². The molecule has 0 radical (unpaired) electrons. The van der Waals surface area contributed by atoms with Crippen LogP contribution in [0, 0.1) is 5.92 Å². The molecule has 0 saturated heterocycles. The third-order valence-electron chi connectivity index (χ3n) is 4.65. The lowest BCUT2D eigenvalue weighted by molar-refractivity contribution is -0.0499. The number of hydrogen-bond acceptors (Lipinski definition) is 2. The van der Waals surface area contributed by atoms with Crippen LogP contribution in [0.5, 0.6) is 5.75 Å². The molecule has 0 spiro atoms.